The maximum absolute atomic E-state index is 13.1. The predicted octanol–water partition coefficient (Wildman–Crippen LogP) is 4.68. The zero-order valence-electron chi connectivity index (χ0n) is 20.5. The molecule has 0 aliphatic carbocycles. The molecule has 8 heteroatoms. The maximum atomic E-state index is 13.1. The van der Waals surface area contributed by atoms with Crippen molar-refractivity contribution >= 4 is 27.7 Å². The molecule has 2 aromatic heterocycles. The summed E-state index contributed by atoms with van der Waals surface area (Å²) in [6, 6.07) is 18.2. The fourth-order valence-corrected chi connectivity index (χ4v) is 4.26. The van der Waals surface area contributed by atoms with E-state index in [4.69, 9.17) is 9.47 Å². The molecule has 0 fully saturated rings. The zero-order chi connectivity index (χ0) is 25.4. The number of nitrogens with zero attached hydrogens (tertiary/aromatic N) is 2. The van der Waals surface area contributed by atoms with E-state index in [0.29, 0.717) is 38.9 Å². The summed E-state index contributed by atoms with van der Waals surface area (Å²) < 4.78 is 12.2. The quantitative estimate of drug-likeness (QED) is 0.366. The topological polar surface area (TPSA) is 98.2 Å². The highest BCUT2D eigenvalue weighted by molar-refractivity contribution is 6.06. The number of methoxy groups -OCH3 is 2. The summed E-state index contributed by atoms with van der Waals surface area (Å²) in [5.74, 6) is 0.978. The molecule has 182 valence electrons. The Morgan fingerprint density at radius 1 is 0.972 bits per heavy atom. The first-order valence-electron chi connectivity index (χ1n) is 11.5. The van der Waals surface area contributed by atoms with Crippen LogP contribution >= 0.6 is 0 Å². The van der Waals surface area contributed by atoms with Crippen molar-refractivity contribution in [3.8, 4) is 17.2 Å². The Hall–Kier alpha value is -4.59. The molecule has 36 heavy (non-hydrogen) atoms. The van der Waals surface area contributed by atoms with Crippen molar-refractivity contribution in [2.24, 2.45) is 0 Å². The molecular weight excluding hydrogens is 456 g/mol. The van der Waals surface area contributed by atoms with Gasteiger partial charge in [0.2, 0.25) is 0 Å². The fraction of sp³-hybridized carbons (Fsp3) is 0.179. The Balaban J connectivity index is 1.49. The molecule has 8 nitrogen and oxygen atoms in total. The molecule has 3 aromatic carbocycles. The van der Waals surface area contributed by atoms with E-state index >= 15 is 0 Å². The SMILES string of the molecule is COc1ccc([C@H](C)NC(=O)c2ccc3ncc4c(=O)n(-c5ccc(C)cc5)[nH]c4c3c2)cc1OC. The molecule has 2 N–H and O–H groups in total. The number of H-pyrrole nitrogens is 1. The third-order valence-electron chi connectivity index (χ3n) is 6.33. The van der Waals surface area contributed by atoms with E-state index in [1.54, 1.807) is 38.6 Å². The monoisotopic (exact) mass is 482 g/mol. The van der Waals surface area contributed by atoms with Gasteiger partial charge in [0.05, 0.1) is 42.4 Å². The first-order chi connectivity index (χ1) is 17.4. The smallest absolute Gasteiger partial charge is 0.280 e. The molecule has 1 amide bonds. The molecule has 5 rings (SSSR count). The van der Waals surface area contributed by atoms with Crippen LogP contribution in [0.5, 0.6) is 11.5 Å². The number of aryl methyl sites for hydroxylation is 1. The Bertz CT molecular complexity index is 1650. The van der Waals surface area contributed by atoms with E-state index in [0.717, 1.165) is 16.8 Å². The normalized spacial score (nSPS) is 12.0. The lowest BCUT2D eigenvalue weighted by atomic mass is 10.1. The van der Waals surface area contributed by atoms with Crippen molar-refractivity contribution in [3.63, 3.8) is 0 Å². The van der Waals surface area contributed by atoms with Gasteiger partial charge in [0.25, 0.3) is 11.5 Å². The van der Waals surface area contributed by atoms with E-state index < -0.39 is 0 Å². The second kappa shape index (κ2) is 9.22. The van der Waals surface area contributed by atoms with Crippen LogP contribution in [0.2, 0.25) is 0 Å². The predicted molar refractivity (Wildman–Crippen MR) is 139 cm³/mol. The summed E-state index contributed by atoms with van der Waals surface area (Å²) in [6.07, 6.45) is 1.57. The second-order valence-corrected chi connectivity index (χ2v) is 8.68. The average molecular weight is 483 g/mol. The van der Waals surface area contributed by atoms with Gasteiger partial charge in [-0.2, -0.15) is 0 Å². The first kappa shape index (κ1) is 23.2. The molecule has 0 unspecified atom stereocenters. The highest BCUT2D eigenvalue weighted by Crippen LogP contribution is 2.30. The van der Waals surface area contributed by atoms with Gasteiger partial charge in [-0.05, 0) is 61.9 Å². The van der Waals surface area contributed by atoms with Gasteiger partial charge in [0.1, 0.15) is 0 Å². The van der Waals surface area contributed by atoms with Gasteiger partial charge >= 0.3 is 0 Å². The number of benzene rings is 3. The molecule has 0 bridgehead atoms. The summed E-state index contributed by atoms with van der Waals surface area (Å²) in [7, 11) is 3.15. The molecular formula is C28H26N4O4. The van der Waals surface area contributed by atoms with Crippen molar-refractivity contribution in [1.29, 1.82) is 0 Å². The number of aromatic nitrogens is 3. The lowest BCUT2D eigenvalue weighted by Gasteiger charge is -2.17. The van der Waals surface area contributed by atoms with Gasteiger partial charge in [0.15, 0.2) is 11.5 Å². The first-order valence-corrected chi connectivity index (χ1v) is 11.5. The van der Waals surface area contributed by atoms with Crippen LogP contribution in [0, 0.1) is 6.92 Å². The van der Waals surface area contributed by atoms with E-state index in [1.807, 2.05) is 56.3 Å². The highest BCUT2D eigenvalue weighted by Gasteiger charge is 2.17. The highest BCUT2D eigenvalue weighted by atomic mass is 16.5. The Labute approximate surface area is 207 Å². The third-order valence-corrected chi connectivity index (χ3v) is 6.33. The number of carbonyl (C=O) groups is 1. The fourth-order valence-electron chi connectivity index (χ4n) is 4.26. The van der Waals surface area contributed by atoms with Crippen LogP contribution in [0.15, 0.2) is 71.7 Å². The Morgan fingerprint density at radius 3 is 2.44 bits per heavy atom. The molecule has 0 saturated heterocycles. The number of carbonyl (C=O) groups excluding carboxylic acids is 1. The van der Waals surface area contributed by atoms with E-state index in [2.05, 4.69) is 15.4 Å². The number of aromatic amines is 1. The van der Waals surface area contributed by atoms with Crippen LogP contribution in [0.25, 0.3) is 27.5 Å². The van der Waals surface area contributed by atoms with Crippen molar-refractivity contribution < 1.29 is 14.3 Å². The molecule has 2 heterocycles. The molecule has 0 aliphatic heterocycles. The molecule has 1 atom stereocenters. The summed E-state index contributed by atoms with van der Waals surface area (Å²) in [5, 5.41) is 7.39. The van der Waals surface area contributed by atoms with Crippen molar-refractivity contribution in [2.45, 2.75) is 19.9 Å². The van der Waals surface area contributed by atoms with E-state index in [-0.39, 0.29) is 17.5 Å². The molecule has 0 aliphatic rings. The van der Waals surface area contributed by atoms with Gasteiger partial charge in [0, 0.05) is 17.1 Å². The lowest BCUT2D eigenvalue weighted by molar-refractivity contribution is 0.0940. The third kappa shape index (κ3) is 4.07. The van der Waals surface area contributed by atoms with E-state index in [1.165, 1.54) is 4.68 Å². The Kier molecular flexibility index (Phi) is 5.93. The van der Waals surface area contributed by atoms with Crippen molar-refractivity contribution in [3.05, 3.63) is 93.9 Å². The van der Waals surface area contributed by atoms with Gasteiger partial charge in [-0.3, -0.25) is 19.7 Å². The molecule has 5 aromatic rings. The van der Waals surface area contributed by atoms with Crippen LogP contribution < -0.4 is 20.3 Å². The molecule has 0 radical (unpaired) electrons. The minimum absolute atomic E-state index is 0.194. The summed E-state index contributed by atoms with van der Waals surface area (Å²) >= 11 is 0. The van der Waals surface area contributed by atoms with Crippen molar-refractivity contribution in [2.75, 3.05) is 14.2 Å². The number of amides is 1. The number of hydrogen-bond acceptors (Lipinski definition) is 5. The number of nitrogens with one attached hydrogen (secondary N) is 2. The van der Waals surface area contributed by atoms with Crippen molar-refractivity contribution in [1.82, 2.24) is 20.1 Å². The minimum Gasteiger partial charge on any atom is -0.493 e. The number of hydrogen-bond donors (Lipinski definition) is 2. The van der Waals surface area contributed by atoms with E-state index in [9.17, 15) is 9.59 Å². The lowest BCUT2D eigenvalue weighted by Crippen LogP contribution is -2.26. The summed E-state index contributed by atoms with van der Waals surface area (Å²) in [4.78, 5) is 30.7. The second-order valence-electron chi connectivity index (χ2n) is 8.68. The van der Waals surface area contributed by atoms with Gasteiger partial charge in [-0.25, -0.2) is 4.68 Å². The maximum Gasteiger partial charge on any atom is 0.280 e. The summed E-state index contributed by atoms with van der Waals surface area (Å²) in [5.41, 5.74) is 4.30. The van der Waals surface area contributed by atoms with Crippen LogP contribution in [0.3, 0.4) is 0 Å². The van der Waals surface area contributed by atoms with Crippen LogP contribution in [-0.4, -0.2) is 34.9 Å². The number of ether oxygens (including phenoxy) is 2. The number of fused-ring (bicyclic) bond motifs is 3. The largest absolute Gasteiger partial charge is 0.493 e. The molecule has 0 spiro atoms. The van der Waals surface area contributed by atoms with Crippen LogP contribution in [0.1, 0.15) is 34.5 Å². The van der Waals surface area contributed by atoms with Gasteiger partial charge in [-0.15, -0.1) is 0 Å². The summed E-state index contributed by atoms with van der Waals surface area (Å²) in [6.45, 7) is 3.90. The van der Waals surface area contributed by atoms with Gasteiger partial charge in [-0.1, -0.05) is 23.8 Å². The molecule has 0 saturated carbocycles. The Morgan fingerprint density at radius 2 is 1.72 bits per heavy atom. The van der Waals surface area contributed by atoms with Crippen LogP contribution in [-0.2, 0) is 0 Å². The van der Waals surface area contributed by atoms with Crippen LogP contribution in [0.4, 0.5) is 0 Å². The standard InChI is InChI=1S/C28H26N4O4/c1-16-5-9-20(10-6-16)32-28(34)22-15-29-23-11-7-19(13-21(23)26(22)31-32)27(33)30-17(2)18-8-12-24(35-3)25(14-18)36-4/h5-15,17,31H,1-4H3,(H,30,33)/t17-/m0/s1. The minimum atomic E-state index is -0.274. The average Bonchev–Trinajstić information content (AvgIpc) is 3.24. The zero-order valence-corrected chi connectivity index (χ0v) is 20.5. The van der Waals surface area contributed by atoms with Gasteiger partial charge < -0.3 is 14.8 Å². The number of rotatable bonds is 6. The number of pyridine rings is 1.